The number of aliphatic hydroxyl groups excluding tert-OH is 1. The molecule has 0 bridgehead atoms. The number of hydrogen-bond donors (Lipinski definition) is 2. The Morgan fingerprint density at radius 3 is 2.95 bits per heavy atom. The van der Waals surface area contributed by atoms with Crippen LogP contribution >= 0.6 is 0 Å². The lowest BCUT2D eigenvalue weighted by molar-refractivity contribution is 0.0967. The van der Waals surface area contributed by atoms with Crippen LogP contribution in [0.15, 0.2) is 12.1 Å². The van der Waals surface area contributed by atoms with Gasteiger partial charge in [0.1, 0.15) is 11.9 Å². The van der Waals surface area contributed by atoms with Crippen molar-refractivity contribution in [2.24, 2.45) is 0 Å². The largest absolute Gasteiger partial charge is 0.485 e. The molecule has 1 fully saturated rings. The zero-order chi connectivity index (χ0) is 15.0. The molecule has 2 aliphatic rings. The molecule has 0 amide bonds. The van der Waals surface area contributed by atoms with Gasteiger partial charge in [0.15, 0.2) is 5.75 Å². The molecular weight excluding hydrogens is 285 g/mol. The Morgan fingerprint density at radius 2 is 2.24 bits per heavy atom. The second-order valence-corrected chi connectivity index (χ2v) is 5.35. The molecule has 0 unspecified atom stereocenters. The van der Waals surface area contributed by atoms with E-state index in [9.17, 15) is 18.3 Å². The average Bonchev–Trinajstić information content (AvgIpc) is 2.63. The number of aliphatic hydroxyl groups is 1. The van der Waals surface area contributed by atoms with Crippen LogP contribution in [0.3, 0.4) is 0 Å². The van der Waals surface area contributed by atoms with Crippen LogP contribution in [-0.2, 0) is 0 Å². The molecule has 0 radical (unpaired) electrons. The standard InChI is InChI=1S/C14H17F3N2O2/c15-8-3-11(14(16)17)13-12(4-8)19-2-1-18-6-9(19)5-10(7-20)21-13/h3-4,9-10,14,18,20H,1-2,5-7H2/t9-,10+/m1/s1. The van der Waals surface area contributed by atoms with Crippen molar-refractivity contribution in [2.45, 2.75) is 25.0 Å². The van der Waals surface area contributed by atoms with Crippen LogP contribution < -0.4 is 15.0 Å². The second-order valence-electron chi connectivity index (χ2n) is 5.35. The maximum atomic E-state index is 13.7. The smallest absolute Gasteiger partial charge is 0.267 e. The van der Waals surface area contributed by atoms with Gasteiger partial charge in [-0.2, -0.15) is 0 Å². The van der Waals surface area contributed by atoms with E-state index in [1.807, 2.05) is 4.90 Å². The molecule has 0 saturated carbocycles. The number of fused-ring (bicyclic) bond motifs is 3. The molecule has 2 N–H and O–H groups in total. The Balaban J connectivity index is 2.11. The van der Waals surface area contributed by atoms with Crippen molar-refractivity contribution in [3.05, 3.63) is 23.5 Å². The van der Waals surface area contributed by atoms with Gasteiger partial charge in [0.25, 0.3) is 6.43 Å². The van der Waals surface area contributed by atoms with Gasteiger partial charge < -0.3 is 20.1 Å². The lowest BCUT2D eigenvalue weighted by atomic mass is 10.1. The number of piperazine rings is 1. The first kappa shape index (κ1) is 14.5. The van der Waals surface area contributed by atoms with E-state index in [4.69, 9.17) is 4.74 Å². The van der Waals surface area contributed by atoms with Crippen LogP contribution in [0, 0.1) is 5.82 Å². The quantitative estimate of drug-likeness (QED) is 0.872. The molecule has 2 heterocycles. The van der Waals surface area contributed by atoms with E-state index in [1.54, 1.807) is 0 Å². The van der Waals surface area contributed by atoms with Crippen molar-refractivity contribution in [1.29, 1.82) is 0 Å². The molecule has 1 aromatic rings. The summed E-state index contributed by atoms with van der Waals surface area (Å²) in [6.45, 7) is 1.68. The summed E-state index contributed by atoms with van der Waals surface area (Å²) in [6, 6.07) is 2.03. The summed E-state index contributed by atoms with van der Waals surface area (Å²) >= 11 is 0. The van der Waals surface area contributed by atoms with E-state index in [-0.39, 0.29) is 18.4 Å². The SMILES string of the molecule is OC[C@@H]1C[C@@H]2CNCCN2c2cc(F)cc(C(F)F)c2O1. The van der Waals surface area contributed by atoms with E-state index < -0.39 is 23.9 Å². The minimum absolute atomic E-state index is 0.00477. The third-order valence-corrected chi connectivity index (χ3v) is 3.98. The number of alkyl halides is 2. The van der Waals surface area contributed by atoms with Gasteiger partial charge in [0.2, 0.25) is 0 Å². The van der Waals surface area contributed by atoms with Gasteiger partial charge in [-0.3, -0.25) is 0 Å². The molecule has 1 saturated heterocycles. The molecule has 1 aromatic carbocycles. The Kier molecular flexibility index (Phi) is 3.95. The fourth-order valence-corrected chi connectivity index (χ4v) is 3.02. The highest BCUT2D eigenvalue weighted by Gasteiger charge is 2.34. The minimum atomic E-state index is -2.83. The topological polar surface area (TPSA) is 44.7 Å². The highest BCUT2D eigenvalue weighted by molar-refractivity contribution is 5.64. The monoisotopic (exact) mass is 302 g/mol. The van der Waals surface area contributed by atoms with Crippen LogP contribution in [0.2, 0.25) is 0 Å². The molecule has 116 valence electrons. The molecule has 3 rings (SSSR count). The van der Waals surface area contributed by atoms with Crippen LogP contribution in [0.25, 0.3) is 0 Å². The summed E-state index contributed by atoms with van der Waals surface area (Å²) in [7, 11) is 0. The number of halogens is 3. The lowest BCUT2D eigenvalue weighted by Crippen LogP contribution is -2.52. The van der Waals surface area contributed by atoms with Gasteiger partial charge >= 0.3 is 0 Å². The first-order valence-corrected chi connectivity index (χ1v) is 6.96. The van der Waals surface area contributed by atoms with Crippen molar-refractivity contribution < 1.29 is 23.0 Å². The van der Waals surface area contributed by atoms with Gasteiger partial charge in [-0.15, -0.1) is 0 Å². The normalized spacial score (nSPS) is 25.1. The van der Waals surface area contributed by atoms with Gasteiger partial charge in [0.05, 0.1) is 17.9 Å². The maximum absolute atomic E-state index is 13.7. The van der Waals surface area contributed by atoms with Crippen molar-refractivity contribution in [3.8, 4) is 5.75 Å². The number of hydrogen-bond acceptors (Lipinski definition) is 4. The van der Waals surface area contributed by atoms with Crippen LogP contribution in [-0.4, -0.2) is 43.5 Å². The van der Waals surface area contributed by atoms with Crippen molar-refractivity contribution in [2.75, 3.05) is 31.1 Å². The number of nitrogens with one attached hydrogen (secondary N) is 1. The summed E-state index contributed by atoms with van der Waals surface area (Å²) < 4.78 is 45.6. The third-order valence-electron chi connectivity index (χ3n) is 3.98. The first-order valence-electron chi connectivity index (χ1n) is 6.96. The van der Waals surface area contributed by atoms with Crippen molar-refractivity contribution >= 4 is 5.69 Å². The zero-order valence-corrected chi connectivity index (χ0v) is 11.4. The fourth-order valence-electron chi connectivity index (χ4n) is 3.02. The number of ether oxygens (including phenoxy) is 1. The van der Waals surface area contributed by atoms with Gasteiger partial charge in [-0.05, 0) is 6.07 Å². The number of rotatable bonds is 2. The lowest BCUT2D eigenvalue weighted by Gasteiger charge is -2.37. The number of anilines is 1. The van der Waals surface area contributed by atoms with Crippen LogP contribution in [0.5, 0.6) is 5.75 Å². The maximum Gasteiger partial charge on any atom is 0.267 e. The van der Waals surface area contributed by atoms with Gasteiger partial charge in [-0.1, -0.05) is 0 Å². The molecule has 4 nitrogen and oxygen atoms in total. The highest BCUT2D eigenvalue weighted by Crippen LogP contribution is 2.42. The molecule has 2 aliphatic heterocycles. The Morgan fingerprint density at radius 1 is 1.43 bits per heavy atom. The number of nitrogens with zero attached hydrogens (tertiary/aromatic N) is 1. The molecule has 2 atom stereocenters. The second kappa shape index (κ2) is 5.73. The summed E-state index contributed by atoms with van der Waals surface area (Å²) in [5, 5.41) is 12.6. The fraction of sp³-hybridized carbons (Fsp3) is 0.571. The predicted molar refractivity (Wildman–Crippen MR) is 71.5 cm³/mol. The summed E-state index contributed by atoms with van der Waals surface area (Å²) in [5.74, 6) is -0.706. The van der Waals surface area contributed by atoms with Crippen molar-refractivity contribution in [3.63, 3.8) is 0 Å². The van der Waals surface area contributed by atoms with E-state index in [0.717, 1.165) is 6.07 Å². The predicted octanol–water partition coefficient (Wildman–Crippen LogP) is 1.68. The van der Waals surface area contributed by atoms with Gasteiger partial charge in [-0.25, -0.2) is 13.2 Å². The van der Waals surface area contributed by atoms with E-state index in [2.05, 4.69) is 5.32 Å². The third kappa shape index (κ3) is 2.67. The molecule has 0 spiro atoms. The molecular formula is C14H17F3N2O2. The summed E-state index contributed by atoms with van der Waals surface area (Å²) in [4.78, 5) is 1.90. The summed E-state index contributed by atoms with van der Waals surface area (Å²) in [5.41, 5.74) is -0.101. The van der Waals surface area contributed by atoms with E-state index in [1.165, 1.54) is 6.07 Å². The Hall–Kier alpha value is -1.47. The van der Waals surface area contributed by atoms with E-state index >= 15 is 0 Å². The van der Waals surface area contributed by atoms with E-state index in [0.29, 0.717) is 31.7 Å². The summed E-state index contributed by atoms with van der Waals surface area (Å²) in [6.07, 6.45) is -2.89. The zero-order valence-electron chi connectivity index (χ0n) is 11.4. The van der Waals surface area contributed by atoms with Crippen molar-refractivity contribution in [1.82, 2.24) is 5.32 Å². The number of benzene rings is 1. The average molecular weight is 302 g/mol. The van der Waals surface area contributed by atoms with Crippen LogP contribution in [0.1, 0.15) is 18.4 Å². The Labute approximate surface area is 120 Å². The minimum Gasteiger partial charge on any atom is -0.485 e. The molecule has 0 aromatic heterocycles. The highest BCUT2D eigenvalue weighted by atomic mass is 19.3. The first-order chi connectivity index (χ1) is 10.1. The molecule has 0 aliphatic carbocycles. The molecule has 7 heteroatoms. The molecule has 21 heavy (non-hydrogen) atoms. The van der Waals surface area contributed by atoms with Gasteiger partial charge in [0, 0.05) is 38.2 Å². The Bertz CT molecular complexity index is 527. The van der Waals surface area contributed by atoms with Crippen LogP contribution in [0.4, 0.5) is 18.9 Å².